The summed E-state index contributed by atoms with van der Waals surface area (Å²) in [5, 5.41) is 3.02. The van der Waals surface area contributed by atoms with Gasteiger partial charge in [-0.3, -0.25) is 4.79 Å². The van der Waals surface area contributed by atoms with Gasteiger partial charge in [-0.2, -0.15) is 0 Å². The molecule has 0 fully saturated rings. The fourth-order valence-electron chi connectivity index (χ4n) is 3.54. The second-order valence-electron chi connectivity index (χ2n) is 6.80. The van der Waals surface area contributed by atoms with Crippen molar-refractivity contribution in [2.24, 2.45) is 0 Å². The maximum Gasteiger partial charge on any atom is 0.224 e. The number of carbonyl (C=O) groups is 1. The minimum atomic E-state index is -0.355. The van der Waals surface area contributed by atoms with Gasteiger partial charge in [-0.05, 0) is 55.0 Å². The SMILES string of the molecule is O=C(CCc1ncc(-c2ccccc2F)o1)Nc1cccc2c1CCCC2. The Bertz CT molecular complexity index is 964. The van der Waals surface area contributed by atoms with E-state index in [2.05, 4.69) is 16.4 Å². The molecule has 3 aromatic rings. The third kappa shape index (κ3) is 3.92. The smallest absolute Gasteiger partial charge is 0.224 e. The molecule has 0 unspecified atom stereocenters. The van der Waals surface area contributed by atoms with Crippen LogP contribution in [0.15, 0.2) is 53.1 Å². The molecule has 0 spiro atoms. The number of carbonyl (C=O) groups excluding carboxylic acids is 1. The summed E-state index contributed by atoms with van der Waals surface area (Å²) in [6.07, 6.45) is 6.59. The summed E-state index contributed by atoms with van der Waals surface area (Å²) in [5.74, 6) is 0.380. The maximum absolute atomic E-state index is 13.8. The number of aryl methyl sites for hydroxylation is 2. The monoisotopic (exact) mass is 364 g/mol. The molecule has 1 aromatic heterocycles. The number of nitrogens with zero attached hydrogens (tertiary/aromatic N) is 1. The molecule has 5 heteroatoms. The molecule has 1 amide bonds. The lowest BCUT2D eigenvalue weighted by Gasteiger charge is -2.19. The van der Waals surface area contributed by atoms with Gasteiger partial charge in [0, 0.05) is 18.5 Å². The highest BCUT2D eigenvalue weighted by Crippen LogP contribution is 2.28. The molecule has 0 radical (unpaired) electrons. The number of hydrogen-bond acceptors (Lipinski definition) is 3. The van der Waals surface area contributed by atoms with E-state index >= 15 is 0 Å². The fraction of sp³-hybridized carbons (Fsp3) is 0.273. The predicted octanol–water partition coefficient (Wildman–Crippen LogP) is 4.93. The molecule has 0 saturated heterocycles. The number of aromatic nitrogens is 1. The Morgan fingerprint density at radius 1 is 1.11 bits per heavy atom. The Hall–Kier alpha value is -2.95. The van der Waals surface area contributed by atoms with Crippen LogP contribution in [0.4, 0.5) is 10.1 Å². The van der Waals surface area contributed by atoms with E-state index in [0.717, 1.165) is 24.9 Å². The quantitative estimate of drug-likeness (QED) is 0.698. The van der Waals surface area contributed by atoms with E-state index in [0.29, 0.717) is 23.6 Å². The highest BCUT2D eigenvalue weighted by Gasteiger charge is 2.15. The number of halogens is 1. The fourth-order valence-corrected chi connectivity index (χ4v) is 3.54. The topological polar surface area (TPSA) is 55.1 Å². The molecule has 4 nitrogen and oxygen atoms in total. The zero-order valence-electron chi connectivity index (χ0n) is 15.0. The number of benzene rings is 2. The number of rotatable bonds is 5. The summed E-state index contributed by atoms with van der Waals surface area (Å²) in [6, 6.07) is 12.5. The standard InChI is InChI=1S/C22H21FN2O2/c23-18-10-4-3-9-17(18)20-14-24-22(27-20)13-12-21(26)25-19-11-5-7-15-6-1-2-8-16(15)19/h3-5,7,9-11,14H,1-2,6,8,12-13H2,(H,25,26). The second kappa shape index (κ2) is 7.74. The zero-order chi connectivity index (χ0) is 18.6. The van der Waals surface area contributed by atoms with Gasteiger partial charge in [0.1, 0.15) is 5.82 Å². The van der Waals surface area contributed by atoms with E-state index in [1.165, 1.54) is 29.8 Å². The molecular formula is C22H21FN2O2. The number of oxazole rings is 1. The van der Waals surface area contributed by atoms with Crippen LogP contribution in [0.5, 0.6) is 0 Å². The molecule has 0 aliphatic heterocycles. The minimum absolute atomic E-state index is 0.0698. The Labute approximate surface area is 157 Å². The van der Waals surface area contributed by atoms with E-state index < -0.39 is 0 Å². The molecule has 27 heavy (non-hydrogen) atoms. The van der Waals surface area contributed by atoms with Crippen LogP contribution in [0.25, 0.3) is 11.3 Å². The van der Waals surface area contributed by atoms with Crippen molar-refractivity contribution in [1.29, 1.82) is 0 Å². The molecule has 2 aromatic carbocycles. The first-order chi connectivity index (χ1) is 13.2. The van der Waals surface area contributed by atoms with Crippen molar-refractivity contribution in [3.63, 3.8) is 0 Å². The van der Waals surface area contributed by atoms with E-state index in [1.807, 2.05) is 12.1 Å². The van der Waals surface area contributed by atoms with Gasteiger partial charge in [-0.1, -0.05) is 24.3 Å². The van der Waals surface area contributed by atoms with E-state index in [9.17, 15) is 9.18 Å². The van der Waals surface area contributed by atoms with Crippen molar-refractivity contribution >= 4 is 11.6 Å². The Morgan fingerprint density at radius 3 is 2.85 bits per heavy atom. The Morgan fingerprint density at radius 2 is 1.96 bits per heavy atom. The first-order valence-electron chi connectivity index (χ1n) is 9.31. The highest BCUT2D eigenvalue weighted by atomic mass is 19.1. The number of nitrogens with one attached hydrogen (secondary N) is 1. The van der Waals surface area contributed by atoms with Gasteiger partial charge < -0.3 is 9.73 Å². The van der Waals surface area contributed by atoms with Gasteiger partial charge in [0.05, 0.1) is 11.8 Å². The summed E-state index contributed by atoms with van der Waals surface area (Å²) in [5.41, 5.74) is 3.88. The molecule has 4 rings (SSSR count). The van der Waals surface area contributed by atoms with Gasteiger partial charge in [-0.25, -0.2) is 9.37 Å². The molecule has 1 aliphatic carbocycles. The molecule has 1 N–H and O–H groups in total. The number of anilines is 1. The molecule has 0 bridgehead atoms. The lowest BCUT2D eigenvalue weighted by molar-refractivity contribution is -0.116. The summed E-state index contributed by atoms with van der Waals surface area (Å²) in [6.45, 7) is 0. The van der Waals surface area contributed by atoms with E-state index in [4.69, 9.17) is 4.42 Å². The van der Waals surface area contributed by atoms with Crippen molar-refractivity contribution in [3.8, 4) is 11.3 Å². The summed E-state index contributed by atoms with van der Waals surface area (Å²) >= 11 is 0. The third-order valence-electron chi connectivity index (χ3n) is 4.93. The molecule has 1 aliphatic rings. The van der Waals surface area contributed by atoms with Crippen molar-refractivity contribution in [1.82, 2.24) is 4.98 Å². The summed E-state index contributed by atoms with van der Waals surface area (Å²) < 4.78 is 19.4. The normalized spacial score (nSPS) is 13.2. The predicted molar refractivity (Wildman–Crippen MR) is 102 cm³/mol. The first-order valence-corrected chi connectivity index (χ1v) is 9.31. The summed E-state index contributed by atoms with van der Waals surface area (Å²) in [4.78, 5) is 16.5. The largest absolute Gasteiger partial charge is 0.441 e. The van der Waals surface area contributed by atoms with Crippen LogP contribution >= 0.6 is 0 Å². The minimum Gasteiger partial charge on any atom is -0.441 e. The average molecular weight is 364 g/mol. The number of hydrogen-bond donors (Lipinski definition) is 1. The van der Waals surface area contributed by atoms with Crippen LogP contribution in [0.2, 0.25) is 0 Å². The van der Waals surface area contributed by atoms with Crippen LogP contribution in [0.1, 0.15) is 36.3 Å². The average Bonchev–Trinajstić information content (AvgIpc) is 3.16. The van der Waals surface area contributed by atoms with E-state index in [1.54, 1.807) is 18.2 Å². The van der Waals surface area contributed by atoms with Gasteiger partial charge in [0.15, 0.2) is 11.7 Å². The molecule has 0 atom stereocenters. The van der Waals surface area contributed by atoms with E-state index in [-0.39, 0.29) is 18.1 Å². The first kappa shape index (κ1) is 17.5. The summed E-state index contributed by atoms with van der Waals surface area (Å²) in [7, 11) is 0. The van der Waals surface area contributed by atoms with Crippen LogP contribution in [0, 0.1) is 5.82 Å². The van der Waals surface area contributed by atoms with Gasteiger partial charge >= 0.3 is 0 Å². The van der Waals surface area contributed by atoms with Crippen LogP contribution in [0.3, 0.4) is 0 Å². The number of fused-ring (bicyclic) bond motifs is 1. The highest BCUT2D eigenvalue weighted by molar-refractivity contribution is 5.91. The second-order valence-corrected chi connectivity index (χ2v) is 6.80. The van der Waals surface area contributed by atoms with Crippen LogP contribution < -0.4 is 5.32 Å². The maximum atomic E-state index is 13.8. The van der Waals surface area contributed by atoms with Gasteiger partial charge in [0.25, 0.3) is 0 Å². The lowest BCUT2D eigenvalue weighted by Crippen LogP contribution is -2.15. The molecule has 1 heterocycles. The zero-order valence-corrected chi connectivity index (χ0v) is 15.0. The third-order valence-corrected chi connectivity index (χ3v) is 4.93. The molecule has 0 saturated carbocycles. The van der Waals surface area contributed by atoms with Crippen molar-refractivity contribution in [3.05, 3.63) is 71.5 Å². The molecule has 138 valence electrons. The van der Waals surface area contributed by atoms with Gasteiger partial charge in [-0.15, -0.1) is 0 Å². The van der Waals surface area contributed by atoms with Gasteiger partial charge in [0.2, 0.25) is 5.91 Å². The lowest BCUT2D eigenvalue weighted by atomic mass is 9.90. The van der Waals surface area contributed by atoms with Crippen molar-refractivity contribution in [2.45, 2.75) is 38.5 Å². The Balaban J connectivity index is 1.39. The molecular weight excluding hydrogens is 343 g/mol. The Kier molecular flexibility index (Phi) is 5.01. The van der Waals surface area contributed by atoms with Crippen molar-refractivity contribution < 1.29 is 13.6 Å². The number of amides is 1. The van der Waals surface area contributed by atoms with Crippen LogP contribution in [-0.2, 0) is 24.1 Å². The van der Waals surface area contributed by atoms with Crippen molar-refractivity contribution in [2.75, 3.05) is 5.32 Å². The van der Waals surface area contributed by atoms with Crippen LogP contribution in [-0.4, -0.2) is 10.9 Å².